The van der Waals surface area contributed by atoms with Crippen LogP contribution in [0.1, 0.15) is 44.0 Å². The van der Waals surface area contributed by atoms with Gasteiger partial charge in [-0.25, -0.2) is 0 Å². The van der Waals surface area contributed by atoms with E-state index in [1.54, 1.807) is 37.3 Å². The van der Waals surface area contributed by atoms with Crippen LogP contribution < -0.4 is 10.1 Å². The molecule has 4 aromatic rings. The minimum Gasteiger partial charge on any atom is -0.489 e. The highest BCUT2D eigenvalue weighted by molar-refractivity contribution is 6.05. The first-order chi connectivity index (χ1) is 17.2. The molecular formula is C28H28N4O4. The van der Waals surface area contributed by atoms with Gasteiger partial charge in [0.1, 0.15) is 12.4 Å². The molecule has 0 aliphatic rings. The molecule has 184 valence electrons. The van der Waals surface area contributed by atoms with Crippen LogP contribution in [0.2, 0.25) is 0 Å². The van der Waals surface area contributed by atoms with Gasteiger partial charge in [-0.3, -0.25) is 19.6 Å². The maximum absolute atomic E-state index is 13.0. The molecular weight excluding hydrogens is 456 g/mol. The summed E-state index contributed by atoms with van der Waals surface area (Å²) in [5.74, 6) is 0.296. The Balaban J connectivity index is 1.44. The van der Waals surface area contributed by atoms with Crippen LogP contribution in [0.15, 0.2) is 66.7 Å². The van der Waals surface area contributed by atoms with Crippen LogP contribution >= 0.6 is 0 Å². The van der Waals surface area contributed by atoms with E-state index in [1.807, 2.05) is 24.6 Å². The Hall–Kier alpha value is -4.46. The van der Waals surface area contributed by atoms with E-state index < -0.39 is 4.92 Å². The highest BCUT2D eigenvalue weighted by Gasteiger charge is 2.16. The molecule has 0 unspecified atom stereocenters. The van der Waals surface area contributed by atoms with Crippen molar-refractivity contribution in [2.75, 3.05) is 5.32 Å². The first kappa shape index (κ1) is 24.7. The van der Waals surface area contributed by atoms with Crippen LogP contribution in [-0.2, 0) is 13.2 Å². The quantitative estimate of drug-likeness (QED) is 0.248. The van der Waals surface area contributed by atoms with Gasteiger partial charge in [0, 0.05) is 17.2 Å². The standard InChI is InChI=1S/C28H28N4O4/c1-18-8-10-22(11-9-18)16-31-21(4)27(20(3)30-31)29-28(33)24-7-5-6-23(15-24)17-36-25-12-13-26(32(34)35)19(2)14-25/h5-15H,16-17H2,1-4H3,(H,29,33). The fourth-order valence-electron chi connectivity index (χ4n) is 3.98. The second-order valence-corrected chi connectivity index (χ2v) is 8.84. The topological polar surface area (TPSA) is 99.3 Å². The molecule has 1 amide bonds. The molecule has 0 saturated carbocycles. The molecule has 36 heavy (non-hydrogen) atoms. The van der Waals surface area contributed by atoms with Gasteiger partial charge in [-0.05, 0) is 63.1 Å². The smallest absolute Gasteiger partial charge is 0.272 e. The van der Waals surface area contributed by atoms with Crippen molar-refractivity contribution in [3.05, 3.63) is 116 Å². The number of ether oxygens (including phenoxy) is 1. The van der Waals surface area contributed by atoms with E-state index in [9.17, 15) is 14.9 Å². The van der Waals surface area contributed by atoms with Crippen LogP contribution in [0.3, 0.4) is 0 Å². The van der Waals surface area contributed by atoms with Crippen molar-refractivity contribution < 1.29 is 14.5 Å². The molecule has 0 spiro atoms. The minimum absolute atomic E-state index is 0.0498. The molecule has 1 N–H and O–H groups in total. The van der Waals surface area contributed by atoms with Crippen molar-refractivity contribution >= 4 is 17.3 Å². The first-order valence-corrected chi connectivity index (χ1v) is 11.6. The third kappa shape index (κ3) is 5.60. The van der Waals surface area contributed by atoms with Crippen LogP contribution in [-0.4, -0.2) is 20.6 Å². The normalized spacial score (nSPS) is 10.8. The van der Waals surface area contributed by atoms with E-state index in [-0.39, 0.29) is 18.2 Å². The Morgan fingerprint density at radius 3 is 2.44 bits per heavy atom. The number of anilines is 1. The number of hydrogen-bond donors (Lipinski definition) is 1. The largest absolute Gasteiger partial charge is 0.489 e. The number of nitrogens with zero attached hydrogens (tertiary/aromatic N) is 3. The van der Waals surface area contributed by atoms with Crippen LogP contribution in [0, 0.1) is 37.8 Å². The van der Waals surface area contributed by atoms with Gasteiger partial charge in [0.2, 0.25) is 0 Å². The van der Waals surface area contributed by atoms with Crippen LogP contribution in [0.25, 0.3) is 0 Å². The van der Waals surface area contributed by atoms with Gasteiger partial charge in [0.25, 0.3) is 11.6 Å². The zero-order chi connectivity index (χ0) is 25.8. The van der Waals surface area contributed by atoms with Crippen molar-refractivity contribution in [3.63, 3.8) is 0 Å². The molecule has 0 radical (unpaired) electrons. The number of rotatable bonds is 8. The number of amides is 1. The molecule has 0 saturated heterocycles. The van der Waals surface area contributed by atoms with E-state index in [0.29, 0.717) is 29.1 Å². The Morgan fingerprint density at radius 2 is 1.75 bits per heavy atom. The number of aromatic nitrogens is 2. The zero-order valence-corrected chi connectivity index (χ0v) is 20.7. The summed E-state index contributed by atoms with van der Waals surface area (Å²) in [7, 11) is 0. The number of carbonyl (C=O) groups excluding carboxylic acids is 1. The third-order valence-electron chi connectivity index (χ3n) is 6.03. The predicted molar refractivity (Wildman–Crippen MR) is 139 cm³/mol. The Morgan fingerprint density at radius 1 is 1.00 bits per heavy atom. The number of hydrogen-bond acceptors (Lipinski definition) is 5. The summed E-state index contributed by atoms with van der Waals surface area (Å²) in [5, 5.41) is 18.6. The fraction of sp³-hybridized carbons (Fsp3) is 0.214. The van der Waals surface area contributed by atoms with E-state index >= 15 is 0 Å². The van der Waals surface area contributed by atoms with Crippen molar-refractivity contribution in [1.29, 1.82) is 0 Å². The summed E-state index contributed by atoms with van der Waals surface area (Å²) in [6.45, 7) is 8.40. The molecule has 4 rings (SSSR count). The predicted octanol–water partition coefficient (Wildman–Crippen LogP) is 5.90. The molecule has 0 atom stereocenters. The molecule has 0 aliphatic heterocycles. The molecule has 1 heterocycles. The Bertz CT molecular complexity index is 1420. The highest BCUT2D eigenvalue weighted by atomic mass is 16.6. The van der Waals surface area contributed by atoms with Gasteiger partial charge in [0.05, 0.1) is 28.5 Å². The van der Waals surface area contributed by atoms with Gasteiger partial charge in [0.15, 0.2) is 0 Å². The highest BCUT2D eigenvalue weighted by Crippen LogP contribution is 2.24. The van der Waals surface area contributed by atoms with E-state index in [0.717, 1.165) is 22.5 Å². The lowest BCUT2D eigenvalue weighted by molar-refractivity contribution is -0.385. The van der Waals surface area contributed by atoms with Crippen molar-refractivity contribution in [2.24, 2.45) is 0 Å². The van der Waals surface area contributed by atoms with Gasteiger partial charge < -0.3 is 10.1 Å². The second kappa shape index (κ2) is 10.4. The lowest BCUT2D eigenvalue weighted by atomic mass is 10.1. The first-order valence-electron chi connectivity index (χ1n) is 11.6. The summed E-state index contributed by atoms with van der Waals surface area (Å²) in [4.78, 5) is 23.6. The number of nitro groups is 1. The van der Waals surface area contributed by atoms with Crippen molar-refractivity contribution in [3.8, 4) is 5.75 Å². The molecule has 1 aromatic heterocycles. The average molecular weight is 485 g/mol. The SMILES string of the molecule is Cc1ccc(Cn2nc(C)c(NC(=O)c3cccc(COc4ccc([N+](=O)[O-])c(C)c4)c3)c2C)cc1. The van der Waals surface area contributed by atoms with E-state index in [4.69, 9.17) is 4.74 Å². The molecule has 8 heteroatoms. The molecule has 8 nitrogen and oxygen atoms in total. The van der Waals surface area contributed by atoms with Crippen LogP contribution in [0.5, 0.6) is 5.75 Å². The number of aryl methyl sites for hydroxylation is 3. The maximum atomic E-state index is 13.0. The zero-order valence-electron chi connectivity index (χ0n) is 20.7. The lowest BCUT2D eigenvalue weighted by Gasteiger charge is -2.10. The van der Waals surface area contributed by atoms with Crippen LogP contribution in [0.4, 0.5) is 11.4 Å². The van der Waals surface area contributed by atoms with Gasteiger partial charge in [-0.15, -0.1) is 0 Å². The third-order valence-corrected chi connectivity index (χ3v) is 6.03. The number of carbonyl (C=O) groups is 1. The molecule has 0 bridgehead atoms. The van der Waals surface area contributed by atoms with Gasteiger partial charge in [-0.2, -0.15) is 5.10 Å². The summed E-state index contributed by atoms with van der Waals surface area (Å²) in [6.07, 6.45) is 0. The molecule has 0 aliphatic carbocycles. The summed E-state index contributed by atoms with van der Waals surface area (Å²) >= 11 is 0. The summed E-state index contributed by atoms with van der Waals surface area (Å²) < 4.78 is 7.69. The van der Waals surface area contributed by atoms with Crippen molar-refractivity contribution in [2.45, 2.75) is 40.8 Å². The van der Waals surface area contributed by atoms with E-state index in [2.05, 4.69) is 41.6 Å². The Labute approximate surface area is 209 Å². The van der Waals surface area contributed by atoms with Gasteiger partial charge >= 0.3 is 0 Å². The monoisotopic (exact) mass is 484 g/mol. The van der Waals surface area contributed by atoms with E-state index in [1.165, 1.54) is 11.6 Å². The second-order valence-electron chi connectivity index (χ2n) is 8.84. The molecule has 0 fully saturated rings. The van der Waals surface area contributed by atoms with Crippen molar-refractivity contribution in [1.82, 2.24) is 9.78 Å². The summed E-state index contributed by atoms with van der Waals surface area (Å²) in [5.41, 5.74) is 6.57. The Kier molecular flexibility index (Phi) is 7.15. The number of benzene rings is 3. The average Bonchev–Trinajstić information content (AvgIpc) is 3.11. The summed E-state index contributed by atoms with van der Waals surface area (Å²) in [6, 6.07) is 20.1. The minimum atomic E-state index is -0.420. The maximum Gasteiger partial charge on any atom is 0.272 e. The number of nitro benzene ring substituents is 1. The van der Waals surface area contributed by atoms with Gasteiger partial charge in [-0.1, -0.05) is 42.0 Å². The number of nitrogens with one attached hydrogen (secondary N) is 1. The fourth-order valence-corrected chi connectivity index (χ4v) is 3.98. The molecule has 3 aromatic carbocycles. The lowest BCUT2D eigenvalue weighted by Crippen LogP contribution is -2.14.